The summed E-state index contributed by atoms with van der Waals surface area (Å²) in [6.45, 7) is 5.68. The van der Waals surface area contributed by atoms with Crippen molar-refractivity contribution in [2.24, 2.45) is 0 Å². The normalized spacial score (nSPS) is 17.4. The summed E-state index contributed by atoms with van der Waals surface area (Å²) in [5, 5.41) is 0. The monoisotopic (exact) mass is 754 g/mol. The molecule has 184 valence electrons. The molecule has 0 N–H and O–H groups in total. The van der Waals surface area contributed by atoms with E-state index in [4.69, 9.17) is 0 Å². The maximum absolute atomic E-state index is 13.8. The van der Waals surface area contributed by atoms with Gasteiger partial charge in [0.25, 0.3) is 11.8 Å². The van der Waals surface area contributed by atoms with Gasteiger partial charge in [-0.05, 0) is 76.6 Å². The first-order valence-corrected chi connectivity index (χ1v) is 16.5. The second-order valence-electron chi connectivity index (χ2n) is 8.52. The van der Waals surface area contributed by atoms with E-state index in [-0.39, 0.29) is 11.8 Å². The topological polar surface area (TPSA) is 40.6 Å². The van der Waals surface area contributed by atoms with Crippen molar-refractivity contribution in [3.8, 4) is 0 Å². The third kappa shape index (κ3) is 4.80. The number of unbranched alkanes of at least 4 members (excludes halogenated alkanes) is 6. The van der Waals surface area contributed by atoms with Crippen molar-refractivity contribution in [1.29, 1.82) is 0 Å². The highest BCUT2D eigenvalue weighted by molar-refractivity contribution is 9.14. The van der Waals surface area contributed by atoms with Gasteiger partial charge in [0.1, 0.15) is 0 Å². The molecule has 2 amide bonds. The van der Waals surface area contributed by atoms with Gasteiger partial charge in [0.15, 0.2) is 0 Å². The van der Waals surface area contributed by atoms with Crippen molar-refractivity contribution in [2.45, 2.75) is 65.2 Å². The molecule has 0 atom stereocenters. The van der Waals surface area contributed by atoms with Crippen molar-refractivity contribution in [2.75, 3.05) is 22.9 Å². The van der Waals surface area contributed by atoms with Gasteiger partial charge in [0, 0.05) is 13.1 Å². The summed E-state index contributed by atoms with van der Waals surface area (Å²) in [7, 11) is 0. The lowest BCUT2D eigenvalue weighted by Crippen LogP contribution is -2.30. The third-order valence-electron chi connectivity index (χ3n) is 6.21. The predicted octanol–water partition coefficient (Wildman–Crippen LogP) is 9.62. The highest BCUT2D eigenvalue weighted by Crippen LogP contribution is 2.57. The molecule has 4 heterocycles. The van der Waals surface area contributed by atoms with Crippen LogP contribution in [0.3, 0.4) is 0 Å². The Morgan fingerprint density at radius 2 is 1.00 bits per heavy atom. The summed E-state index contributed by atoms with van der Waals surface area (Å²) in [4.78, 5) is 33.2. The van der Waals surface area contributed by atoms with Crippen LogP contribution in [0.5, 0.6) is 0 Å². The number of halogens is 4. The highest BCUT2D eigenvalue weighted by atomic mass is 79.9. The smallest absolute Gasteiger partial charge is 0.260 e. The van der Waals surface area contributed by atoms with Crippen LogP contribution in [-0.4, -0.2) is 24.9 Å². The lowest BCUT2D eigenvalue weighted by molar-refractivity contribution is -0.114. The molecular weight excluding hydrogens is 732 g/mol. The zero-order chi connectivity index (χ0) is 24.6. The number of hydrogen-bond donors (Lipinski definition) is 0. The van der Waals surface area contributed by atoms with Crippen LogP contribution >= 0.6 is 86.4 Å². The maximum Gasteiger partial charge on any atom is 0.260 e. The molecule has 2 aromatic heterocycles. The number of carbonyl (C=O) groups is 2. The van der Waals surface area contributed by atoms with Crippen molar-refractivity contribution in [1.82, 2.24) is 0 Å². The Bertz CT molecular complexity index is 1070. The predicted molar refractivity (Wildman–Crippen MR) is 159 cm³/mol. The van der Waals surface area contributed by atoms with E-state index >= 15 is 0 Å². The lowest BCUT2D eigenvalue weighted by atomic mass is 10.1. The Kier molecular flexibility index (Phi) is 9.22. The summed E-state index contributed by atoms with van der Waals surface area (Å²) in [5.41, 5.74) is 2.88. The fraction of sp³-hybridized carbons (Fsp3) is 0.500. The first-order chi connectivity index (χ1) is 16.3. The van der Waals surface area contributed by atoms with E-state index in [1.165, 1.54) is 22.7 Å². The molecule has 4 rings (SSSR count). The van der Waals surface area contributed by atoms with Gasteiger partial charge in [-0.15, -0.1) is 22.7 Å². The van der Waals surface area contributed by atoms with Crippen molar-refractivity contribution in [3.63, 3.8) is 0 Å². The zero-order valence-electron chi connectivity index (χ0n) is 19.1. The quantitative estimate of drug-likeness (QED) is 0.179. The molecular formula is C24H26Br4N2O2S2. The average molecular weight is 758 g/mol. The Hall–Kier alpha value is -0.000000000000000222. The van der Waals surface area contributed by atoms with Crippen LogP contribution in [-0.2, 0) is 9.59 Å². The van der Waals surface area contributed by atoms with Gasteiger partial charge in [-0.3, -0.25) is 9.59 Å². The van der Waals surface area contributed by atoms with E-state index in [9.17, 15) is 9.59 Å². The van der Waals surface area contributed by atoms with Gasteiger partial charge in [0.2, 0.25) is 0 Å². The molecule has 0 aliphatic carbocycles. The molecule has 10 heteroatoms. The summed E-state index contributed by atoms with van der Waals surface area (Å²) < 4.78 is 3.67. The molecule has 2 aliphatic rings. The van der Waals surface area contributed by atoms with Crippen molar-refractivity contribution in [3.05, 3.63) is 26.3 Å². The maximum atomic E-state index is 13.8. The van der Waals surface area contributed by atoms with Crippen LogP contribution < -0.4 is 9.80 Å². The second-order valence-corrected chi connectivity index (χ2v) is 14.8. The fourth-order valence-corrected chi connectivity index (χ4v) is 9.35. The van der Waals surface area contributed by atoms with E-state index in [0.29, 0.717) is 24.2 Å². The number of rotatable bonds is 10. The molecule has 0 saturated heterocycles. The van der Waals surface area contributed by atoms with Crippen molar-refractivity contribution >= 4 is 121 Å². The van der Waals surface area contributed by atoms with Gasteiger partial charge >= 0.3 is 0 Å². The Labute approximate surface area is 242 Å². The van der Waals surface area contributed by atoms with E-state index < -0.39 is 0 Å². The summed E-state index contributed by atoms with van der Waals surface area (Å²) in [5.74, 6) is -0.123. The Morgan fingerprint density at radius 3 is 1.35 bits per heavy atom. The molecule has 0 aromatic carbocycles. The zero-order valence-corrected chi connectivity index (χ0v) is 27.1. The van der Waals surface area contributed by atoms with E-state index in [0.717, 1.165) is 89.0 Å². The van der Waals surface area contributed by atoms with Crippen LogP contribution in [0, 0.1) is 0 Å². The number of nitrogens with zero attached hydrogens (tertiary/aromatic N) is 2. The number of thiophene rings is 2. The van der Waals surface area contributed by atoms with Gasteiger partial charge < -0.3 is 9.80 Å². The minimum absolute atomic E-state index is 0.0614. The van der Waals surface area contributed by atoms with Gasteiger partial charge in [-0.2, -0.15) is 0 Å². The van der Waals surface area contributed by atoms with Gasteiger partial charge in [-0.25, -0.2) is 0 Å². The molecule has 2 aliphatic heterocycles. The first-order valence-electron chi connectivity index (χ1n) is 11.7. The van der Waals surface area contributed by atoms with E-state index in [2.05, 4.69) is 77.6 Å². The summed E-state index contributed by atoms with van der Waals surface area (Å²) in [6, 6.07) is 0. The molecule has 0 radical (unpaired) electrons. The van der Waals surface area contributed by atoms with Crippen LogP contribution in [0.2, 0.25) is 0 Å². The summed E-state index contributed by atoms with van der Waals surface area (Å²) >= 11 is 17.7. The van der Waals surface area contributed by atoms with E-state index in [1.54, 1.807) is 0 Å². The number of carbonyl (C=O) groups excluding carboxylic acids is 2. The molecule has 0 spiro atoms. The molecule has 0 fully saturated rings. The molecule has 0 unspecified atom stereocenters. The number of hydrogen-bond acceptors (Lipinski definition) is 4. The molecule has 34 heavy (non-hydrogen) atoms. The molecule has 0 bridgehead atoms. The fourth-order valence-electron chi connectivity index (χ4n) is 4.50. The second kappa shape index (κ2) is 11.6. The number of fused-ring (bicyclic) bond motifs is 2. The van der Waals surface area contributed by atoms with Crippen LogP contribution in [0.15, 0.2) is 16.5 Å². The van der Waals surface area contributed by atoms with Gasteiger partial charge in [0.05, 0.1) is 48.8 Å². The SMILES string of the molecule is CCCCCCN1C(=O)/C(=C2\C(=O)N(CCCCCC)c3c2sc(Br)c3Br)c2sc(Br)c(Br)c21. The Morgan fingerprint density at radius 1 is 0.618 bits per heavy atom. The molecule has 2 aromatic rings. The first kappa shape index (κ1) is 27.0. The average Bonchev–Trinajstić information content (AvgIpc) is 3.44. The minimum atomic E-state index is -0.0614. The lowest BCUT2D eigenvalue weighted by Gasteiger charge is -2.18. The molecule has 0 saturated carbocycles. The molecule has 4 nitrogen and oxygen atoms in total. The third-order valence-corrected chi connectivity index (χ3v) is 13.1. The summed E-state index contributed by atoms with van der Waals surface area (Å²) in [6.07, 6.45) is 8.67. The number of anilines is 2. The van der Waals surface area contributed by atoms with Crippen LogP contribution in [0.25, 0.3) is 11.1 Å². The Balaban J connectivity index is 1.79. The van der Waals surface area contributed by atoms with Gasteiger partial charge in [-0.1, -0.05) is 52.4 Å². The number of amides is 2. The van der Waals surface area contributed by atoms with Crippen molar-refractivity contribution < 1.29 is 9.59 Å². The van der Waals surface area contributed by atoms with E-state index in [1.807, 2.05) is 9.80 Å². The highest BCUT2D eigenvalue weighted by Gasteiger charge is 2.46. The largest absolute Gasteiger partial charge is 0.306 e. The minimum Gasteiger partial charge on any atom is -0.306 e. The van der Waals surface area contributed by atoms with Crippen LogP contribution in [0.4, 0.5) is 11.4 Å². The standard InChI is InChI=1S/C24H26Br4N2O2S2/c1-3-5-7-9-11-29-17-15(25)21(27)33-19(17)13(23(29)31)14-20-18(16(26)22(28)34-20)30(24(14)32)12-10-8-6-4-2/h3-12H2,1-2H3/b14-13-. The van der Waals surface area contributed by atoms with Crippen LogP contribution in [0.1, 0.15) is 75.0 Å².